The molecule has 1 aromatic carbocycles. The van der Waals surface area contributed by atoms with Gasteiger partial charge in [0.25, 0.3) is 0 Å². The van der Waals surface area contributed by atoms with Crippen LogP contribution in [0.15, 0.2) is 28.0 Å². The summed E-state index contributed by atoms with van der Waals surface area (Å²) in [6.07, 6.45) is 63.3. The number of thioether (sulfide) groups is 2. The summed E-state index contributed by atoms with van der Waals surface area (Å²) in [5, 5.41) is 0. The Morgan fingerprint density at radius 1 is 0.316 bits per heavy atom. The molecule has 1 rings (SSSR count). The van der Waals surface area contributed by atoms with Gasteiger partial charge in [0, 0.05) is 9.79 Å². The zero-order valence-electron chi connectivity index (χ0n) is 39.3. The van der Waals surface area contributed by atoms with E-state index >= 15 is 0 Å². The molecule has 335 valence electrons. The van der Waals surface area contributed by atoms with Crippen LogP contribution >= 0.6 is 23.5 Å². The van der Waals surface area contributed by atoms with E-state index in [1.54, 1.807) is 5.56 Å². The summed E-state index contributed by atoms with van der Waals surface area (Å²) in [6.45, 7) is 8.85. The quantitative estimate of drug-likeness (QED) is 0.0474. The van der Waals surface area contributed by atoms with E-state index in [1.165, 1.54) is 291 Å². The maximum atomic E-state index is 4.23. The van der Waals surface area contributed by atoms with Gasteiger partial charge in [-0.25, -0.2) is 0 Å². The van der Waals surface area contributed by atoms with Crippen molar-refractivity contribution < 1.29 is 0 Å². The molecule has 0 bridgehead atoms. The van der Waals surface area contributed by atoms with Crippen molar-refractivity contribution in [3.05, 3.63) is 30.7 Å². The molecule has 1 radical (unpaired) electrons. The molecule has 0 spiro atoms. The topological polar surface area (TPSA) is 0 Å². The van der Waals surface area contributed by atoms with Gasteiger partial charge in [0.2, 0.25) is 0 Å². The fourth-order valence-corrected chi connectivity index (χ4v) is 11.0. The lowest BCUT2D eigenvalue weighted by molar-refractivity contribution is 0.521. The van der Waals surface area contributed by atoms with E-state index in [-0.39, 0.29) is 0 Å². The number of benzene rings is 1. The first-order chi connectivity index (χ1) is 28.3. The minimum Gasteiger partial charge on any atom is -0.126 e. The molecule has 0 aliphatic rings. The zero-order chi connectivity index (χ0) is 40.8. The van der Waals surface area contributed by atoms with Crippen LogP contribution in [-0.2, 0) is 6.42 Å². The van der Waals surface area contributed by atoms with Gasteiger partial charge in [-0.3, -0.25) is 0 Å². The van der Waals surface area contributed by atoms with Crippen LogP contribution in [0.1, 0.15) is 296 Å². The van der Waals surface area contributed by atoms with Crippen molar-refractivity contribution in [1.29, 1.82) is 0 Å². The van der Waals surface area contributed by atoms with Crippen LogP contribution in [0.3, 0.4) is 0 Å². The molecule has 0 amide bonds. The van der Waals surface area contributed by atoms with Crippen molar-refractivity contribution in [1.82, 2.24) is 0 Å². The van der Waals surface area contributed by atoms with Crippen LogP contribution in [0.4, 0.5) is 0 Å². The summed E-state index contributed by atoms with van der Waals surface area (Å²) < 4.78 is 0. The zero-order valence-corrected chi connectivity index (χ0v) is 40.9. The maximum absolute atomic E-state index is 4.23. The fraction of sp³-hybridized carbons (Fsp3) is 0.873. The van der Waals surface area contributed by atoms with Crippen LogP contribution in [-0.4, -0.2) is 11.5 Å². The van der Waals surface area contributed by atoms with Crippen molar-refractivity contribution in [3.8, 4) is 0 Å². The Labute approximate surface area is 370 Å². The van der Waals surface area contributed by atoms with E-state index in [2.05, 4.69) is 62.5 Å². The average molecular weight is 829 g/mol. The van der Waals surface area contributed by atoms with Gasteiger partial charge in [0.05, 0.1) is 0 Å². The largest absolute Gasteiger partial charge is 0.126 e. The summed E-state index contributed by atoms with van der Waals surface area (Å²) in [7, 11) is 0. The lowest BCUT2D eigenvalue weighted by Crippen LogP contribution is -1.94. The van der Waals surface area contributed by atoms with Crippen molar-refractivity contribution in [2.75, 3.05) is 11.5 Å². The van der Waals surface area contributed by atoms with Crippen LogP contribution in [0.2, 0.25) is 0 Å². The molecular weight excluding hydrogens is 725 g/mol. The van der Waals surface area contributed by atoms with Crippen LogP contribution in [0.5, 0.6) is 0 Å². The third kappa shape index (κ3) is 38.6. The average Bonchev–Trinajstić information content (AvgIpc) is 3.22. The SMILES string of the molecule is [CH2]CCc1c(SCCCCCCCCCCCCCCCCCCCCCCC)cccc1SCCCCCCCCCCCCCCCCCCCCCCC. The first-order valence-electron chi connectivity index (χ1n) is 26.5. The van der Waals surface area contributed by atoms with Gasteiger partial charge in [-0.05, 0) is 54.9 Å². The van der Waals surface area contributed by atoms with E-state index in [0.717, 1.165) is 12.8 Å². The normalized spacial score (nSPS) is 11.6. The molecule has 0 saturated heterocycles. The molecule has 0 N–H and O–H groups in total. The van der Waals surface area contributed by atoms with Gasteiger partial charge in [-0.15, -0.1) is 23.5 Å². The Balaban J connectivity index is 1.93. The number of unbranched alkanes of at least 4 members (excludes halogenated alkanes) is 40. The molecule has 0 saturated carbocycles. The summed E-state index contributed by atoms with van der Waals surface area (Å²) in [5.41, 5.74) is 1.59. The fourth-order valence-electron chi connectivity index (χ4n) is 8.67. The van der Waals surface area contributed by atoms with Crippen molar-refractivity contribution in [2.24, 2.45) is 0 Å². The van der Waals surface area contributed by atoms with Crippen LogP contribution in [0, 0.1) is 6.92 Å². The van der Waals surface area contributed by atoms with Gasteiger partial charge in [-0.1, -0.05) is 284 Å². The van der Waals surface area contributed by atoms with E-state index in [9.17, 15) is 0 Å². The minimum atomic E-state index is 1.00. The molecular formula is C55H103S2. The Morgan fingerprint density at radius 3 is 0.737 bits per heavy atom. The predicted molar refractivity (Wildman–Crippen MR) is 267 cm³/mol. The van der Waals surface area contributed by atoms with Crippen LogP contribution < -0.4 is 0 Å². The van der Waals surface area contributed by atoms with Crippen molar-refractivity contribution in [2.45, 2.75) is 306 Å². The Morgan fingerprint density at radius 2 is 0.526 bits per heavy atom. The maximum Gasteiger partial charge on any atom is 0.0115 e. The molecule has 0 nitrogen and oxygen atoms in total. The highest BCUT2D eigenvalue weighted by atomic mass is 32.2. The number of hydrogen-bond acceptors (Lipinski definition) is 2. The second-order valence-electron chi connectivity index (χ2n) is 18.2. The summed E-state index contributed by atoms with van der Waals surface area (Å²) in [4.78, 5) is 3.08. The van der Waals surface area contributed by atoms with Crippen molar-refractivity contribution >= 4 is 23.5 Å². The van der Waals surface area contributed by atoms with Gasteiger partial charge < -0.3 is 0 Å². The molecule has 0 heterocycles. The number of rotatable bonds is 48. The second-order valence-corrected chi connectivity index (χ2v) is 20.4. The van der Waals surface area contributed by atoms with Gasteiger partial charge in [0.15, 0.2) is 0 Å². The second kappa shape index (κ2) is 47.0. The smallest absolute Gasteiger partial charge is 0.0115 e. The lowest BCUT2D eigenvalue weighted by atomic mass is 10.0. The summed E-state index contributed by atoms with van der Waals surface area (Å²) in [5.74, 6) is 2.55. The Hall–Kier alpha value is -0.0800. The minimum absolute atomic E-state index is 1.00. The standard InChI is InChI=1S/C55H103S2/c1-4-7-9-11-13-15-17-19-21-23-25-27-29-31-33-35-37-39-41-43-45-51-56-54-49-47-50-55(53(54)48-6-3)57-52-46-44-42-40-38-36-34-32-30-28-26-24-22-20-18-16-14-12-10-8-5-2/h47,49-50H,3-46,48,51-52H2,1-2H3. The van der Waals surface area contributed by atoms with Gasteiger partial charge in [0.1, 0.15) is 0 Å². The highest BCUT2D eigenvalue weighted by Gasteiger charge is 2.09. The highest BCUT2D eigenvalue weighted by Crippen LogP contribution is 2.34. The number of hydrogen-bond donors (Lipinski definition) is 0. The molecule has 0 atom stereocenters. The third-order valence-electron chi connectivity index (χ3n) is 12.5. The molecule has 2 heteroatoms. The van der Waals surface area contributed by atoms with E-state index < -0.39 is 0 Å². The Kier molecular flexibility index (Phi) is 45.3. The molecule has 0 aliphatic carbocycles. The lowest BCUT2D eigenvalue weighted by Gasteiger charge is -2.14. The first-order valence-corrected chi connectivity index (χ1v) is 28.5. The van der Waals surface area contributed by atoms with E-state index in [0.29, 0.717) is 0 Å². The summed E-state index contributed by atoms with van der Waals surface area (Å²) >= 11 is 4.24. The molecule has 0 unspecified atom stereocenters. The monoisotopic (exact) mass is 828 g/mol. The molecule has 0 aromatic heterocycles. The van der Waals surface area contributed by atoms with Crippen LogP contribution in [0.25, 0.3) is 0 Å². The van der Waals surface area contributed by atoms with Gasteiger partial charge in [-0.2, -0.15) is 0 Å². The van der Waals surface area contributed by atoms with E-state index in [4.69, 9.17) is 0 Å². The summed E-state index contributed by atoms with van der Waals surface area (Å²) in [6, 6.07) is 7.08. The highest BCUT2D eigenvalue weighted by molar-refractivity contribution is 8.00. The predicted octanol–water partition coefficient (Wildman–Crippen LogP) is 21.1. The molecule has 57 heavy (non-hydrogen) atoms. The Bertz CT molecular complexity index is 828. The third-order valence-corrected chi connectivity index (χ3v) is 14.9. The molecule has 0 aliphatic heterocycles. The molecule has 0 fully saturated rings. The molecule has 1 aromatic rings. The van der Waals surface area contributed by atoms with E-state index in [1.807, 2.05) is 0 Å². The van der Waals surface area contributed by atoms with Crippen molar-refractivity contribution in [3.63, 3.8) is 0 Å². The first kappa shape index (κ1) is 54.9. The van der Waals surface area contributed by atoms with Gasteiger partial charge >= 0.3 is 0 Å².